The van der Waals surface area contributed by atoms with Gasteiger partial charge in [0.2, 0.25) is 0 Å². The van der Waals surface area contributed by atoms with Crippen LogP contribution in [-0.4, -0.2) is 44.2 Å². The first-order chi connectivity index (χ1) is 17.1. The summed E-state index contributed by atoms with van der Waals surface area (Å²) in [6, 6.07) is 22.0. The van der Waals surface area contributed by atoms with Crippen molar-refractivity contribution >= 4 is 5.91 Å². The number of carbonyl (C=O) groups is 1. The second-order valence-electron chi connectivity index (χ2n) is 9.20. The molecular weight excluding hydrogens is 440 g/mol. The van der Waals surface area contributed by atoms with Crippen molar-refractivity contribution < 1.29 is 19.0 Å². The van der Waals surface area contributed by atoms with Crippen molar-refractivity contribution in [3.8, 4) is 17.2 Å². The first kappa shape index (κ1) is 23.2. The molecule has 0 saturated carbocycles. The van der Waals surface area contributed by atoms with Crippen molar-refractivity contribution in [1.29, 1.82) is 0 Å². The van der Waals surface area contributed by atoms with Crippen LogP contribution in [0.5, 0.6) is 17.2 Å². The first-order valence-corrected chi connectivity index (χ1v) is 12.2. The topological polar surface area (TPSA) is 60.0 Å². The zero-order chi connectivity index (χ0) is 24.2. The number of piperidine rings is 1. The average Bonchev–Trinajstić information content (AvgIpc) is 2.91. The summed E-state index contributed by atoms with van der Waals surface area (Å²) in [6.07, 6.45) is 2.83. The van der Waals surface area contributed by atoms with E-state index in [1.807, 2.05) is 54.6 Å². The Morgan fingerprint density at radius 2 is 1.71 bits per heavy atom. The van der Waals surface area contributed by atoms with Gasteiger partial charge in [-0.1, -0.05) is 30.3 Å². The number of fused-ring (bicyclic) bond motifs is 3. The van der Waals surface area contributed by atoms with Crippen LogP contribution in [0.4, 0.5) is 0 Å². The van der Waals surface area contributed by atoms with E-state index in [0.29, 0.717) is 12.2 Å². The number of ether oxygens (including phenoxy) is 3. The van der Waals surface area contributed by atoms with Crippen molar-refractivity contribution in [1.82, 2.24) is 10.2 Å². The fourth-order valence-electron chi connectivity index (χ4n) is 5.18. The second kappa shape index (κ2) is 10.4. The average molecular weight is 473 g/mol. The smallest absolute Gasteiger partial charge is 0.251 e. The maximum atomic E-state index is 13.0. The van der Waals surface area contributed by atoms with E-state index < -0.39 is 0 Å². The third-order valence-corrected chi connectivity index (χ3v) is 7.09. The summed E-state index contributed by atoms with van der Waals surface area (Å²) in [5.41, 5.74) is 4.35. The van der Waals surface area contributed by atoms with Crippen molar-refractivity contribution in [2.24, 2.45) is 0 Å². The molecule has 6 nitrogen and oxygen atoms in total. The van der Waals surface area contributed by atoms with Crippen molar-refractivity contribution in [2.75, 3.05) is 27.3 Å². The fourth-order valence-corrected chi connectivity index (χ4v) is 5.18. The monoisotopic (exact) mass is 472 g/mol. The molecule has 2 heterocycles. The molecule has 2 aliphatic rings. The normalized spacial score (nSPS) is 19.3. The van der Waals surface area contributed by atoms with E-state index in [2.05, 4.69) is 22.3 Å². The molecule has 3 aromatic rings. The molecule has 3 aromatic carbocycles. The Balaban J connectivity index is 1.22. The van der Waals surface area contributed by atoms with Crippen LogP contribution < -0.4 is 19.5 Å². The molecule has 0 bridgehead atoms. The number of hydrogen-bond donors (Lipinski definition) is 1. The summed E-state index contributed by atoms with van der Waals surface area (Å²) >= 11 is 0. The molecule has 0 spiro atoms. The number of methoxy groups -OCH3 is 2. The Morgan fingerprint density at radius 3 is 2.46 bits per heavy atom. The largest absolute Gasteiger partial charge is 0.493 e. The number of benzene rings is 3. The van der Waals surface area contributed by atoms with Gasteiger partial charge in [-0.15, -0.1) is 0 Å². The molecule has 5 rings (SSSR count). The molecule has 0 aromatic heterocycles. The highest BCUT2D eigenvalue weighted by molar-refractivity contribution is 5.94. The fraction of sp³-hybridized carbons (Fsp3) is 0.345. The molecule has 0 radical (unpaired) electrons. The predicted molar refractivity (Wildman–Crippen MR) is 135 cm³/mol. The minimum absolute atomic E-state index is 0.0404. The lowest BCUT2D eigenvalue weighted by molar-refractivity contribution is 0.0843. The highest BCUT2D eigenvalue weighted by Crippen LogP contribution is 2.41. The summed E-state index contributed by atoms with van der Waals surface area (Å²) in [6.45, 7) is 2.50. The van der Waals surface area contributed by atoms with Gasteiger partial charge >= 0.3 is 0 Å². The molecule has 182 valence electrons. The predicted octanol–water partition coefficient (Wildman–Crippen LogP) is 4.77. The van der Waals surface area contributed by atoms with Gasteiger partial charge in [-0.05, 0) is 72.4 Å². The van der Waals surface area contributed by atoms with Gasteiger partial charge in [0.25, 0.3) is 5.91 Å². The molecule has 2 aliphatic heterocycles. The van der Waals surface area contributed by atoms with Gasteiger partial charge in [0, 0.05) is 30.7 Å². The maximum Gasteiger partial charge on any atom is 0.251 e. The zero-order valence-corrected chi connectivity index (χ0v) is 20.3. The Hall–Kier alpha value is -3.51. The Bertz CT molecular complexity index is 1160. The quantitative estimate of drug-likeness (QED) is 0.537. The number of nitrogens with one attached hydrogen (secondary N) is 1. The highest BCUT2D eigenvalue weighted by atomic mass is 16.5. The van der Waals surface area contributed by atoms with Crippen LogP contribution in [0.2, 0.25) is 0 Å². The van der Waals surface area contributed by atoms with Gasteiger partial charge in [0.15, 0.2) is 11.5 Å². The molecule has 6 heteroatoms. The molecule has 0 aliphatic carbocycles. The van der Waals surface area contributed by atoms with E-state index in [0.717, 1.165) is 55.2 Å². The lowest BCUT2D eigenvalue weighted by Gasteiger charge is -2.43. The van der Waals surface area contributed by atoms with E-state index in [1.165, 1.54) is 11.1 Å². The Morgan fingerprint density at radius 1 is 0.971 bits per heavy atom. The molecule has 1 amide bonds. The van der Waals surface area contributed by atoms with E-state index in [1.54, 1.807) is 14.2 Å². The summed E-state index contributed by atoms with van der Waals surface area (Å²) in [7, 11) is 3.35. The van der Waals surface area contributed by atoms with E-state index >= 15 is 0 Å². The minimum atomic E-state index is -0.0404. The molecular formula is C29H32N2O4. The SMILES string of the molecule is COc1cc2c(cc1OC)C1CC(NC(=O)c3ccc(OCc4ccccc4)cc3)CCN1CC2. The van der Waals surface area contributed by atoms with Gasteiger partial charge in [-0.2, -0.15) is 0 Å². The molecule has 1 N–H and O–H groups in total. The highest BCUT2D eigenvalue weighted by Gasteiger charge is 2.35. The van der Waals surface area contributed by atoms with Gasteiger partial charge in [-0.25, -0.2) is 0 Å². The van der Waals surface area contributed by atoms with Gasteiger partial charge < -0.3 is 19.5 Å². The molecule has 2 unspecified atom stereocenters. The number of amides is 1. The Labute approximate surface area is 206 Å². The standard InChI is InChI=1S/C29H32N2O4/c1-33-27-16-22-12-14-31-15-13-23(17-26(31)25(22)18-28(27)34-2)30-29(32)21-8-10-24(11-9-21)35-19-20-6-4-3-5-7-20/h3-11,16,18,23,26H,12-15,17,19H2,1-2H3,(H,30,32). The molecule has 1 fully saturated rings. The van der Waals surface area contributed by atoms with Crippen LogP contribution in [0.25, 0.3) is 0 Å². The van der Waals surface area contributed by atoms with Crippen molar-refractivity contribution in [3.63, 3.8) is 0 Å². The van der Waals surface area contributed by atoms with Gasteiger partial charge in [-0.3, -0.25) is 9.69 Å². The third kappa shape index (κ3) is 5.13. The third-order valence-electron chi connectivity index (χ3n) is 7.09. The van der Waals surface area contributed by atoms with Crippen molar-refractivity contribution in [2.45, 2.75) is 38.0 Å². The maximum absolute atomic E-state index is 13.0. The van der Waals surface area contributed by atoms with Gasteiger partial charge in [0.05, 0.1) is 14.2 Å². The second-order valence-corrected chi connectivity index (χ2v) is 9.20. The number of carbonyl (C=O) groups excluding carboxylic acids is 1. The molecule has 35 heavy (non-hydrogen) atoms. The molecule has 2 atom stereocenters. The van der Waals surface area contributed by atoms with E-state index in [9.17, 15) is 4.79 Å². The van der Waals surface area contributed by atoms with Crippen LogP contribution in [0, 0.1) is 0 Å². The lowest BCUT2D eigenvalue weighted by atomic mass is 9.84. The van der Waals surface area contributed by atoms with Crippen molar-refractivity contribution in [3.05, 3.63) is 89.0 Å². The van der Waals surface area contributed by atoms with Crippen LogP contribution in [0.3, 0.4) is 0 Å². The summed E-state index contributed by atoms with van der Waals surface area (Å²) < 4.78 is 16.9. The lowest BCUT2D eigenvalue weighted by Crippen LogP contribution is -2.48. The minimum Gasteiger partial charge on any atom is -0.493 e. The Kier molecular flexibility index (Phi) is 6.91. The molecule has 1 saturated heterocycles. The van der Waals surface area contributed by atoms with Crippen LogP contribution in [0.1, 0.15) is 45.9 Å². The van der Waals surface area contributed by atoms with E-state index in [-0.39, 0.29) is 18.0 Å². The summed E-state index contributed by atoms with van der Waals surface area (Å²) in [4.78, 5) is 15.5. The number of hydrogen-bond acceptors (Lipinski definition) is 5. The summed E-state index contributed by atoms with van der Waals surface area (Å²) in [5.74, 6) is 2.24. The number of rotatable bonds is 7. The van der Waals surface area contributed by atoms with Crippen LogP contribution in [-0.2, 0) is 13.0 Å². The zero-order valence-electron chi connectivity index (χ0n) is 20.3. The van der Waals surface area contributed by atoms with Crippen LogP contribution >= 0.6 is 0 Å². The number of nitrogens with zero attached hydrogens (tertiary/aromatic N) is 1. The van der Waals surface area contributed by atoms with Gasteiger partial charge in [0.1, 0.15) is 12.4 Å². The van der Waals surface area contributed by atoms with E-state index in [4.69, 9.17) is 14.2 Å². The summed E-state index contributed by atoms with van der Waals surface area (Å²) in [5, 5.41) is 3.27. The first-order valence-electron chi connectivity index (χ1n) is 12.2. The van der Waals surface area contributed by atoms with Crippen LogP contribution in [0.15, 0.2) is 66.7 Å².